The Morgan fingerprint density at radius 1 is 0.500 bits per heavy atom. The zero-order valence-electron chi connectivity index (χ0n) is 34.0. The van der Waals surface area contributed by atoms with Gasteiger partial charge in [0.1, 0.15) is 30.4 Å². The minimum absolute atomic E-state index is 0. The molecule has 0 spiro atoms. The number of anilines is 2. The normalized spacial score (nSPS) is 11.6. The predicted molar refractivity (Wildman–Crippen MR) is 198 cm³/mol. The Morgan fingerprint density at radius 2 is 0.909 bits per heavy atom. The molecule has 324 valence electrons. The first-order valence-corrected chi connectivity index (χ1v) is 21.5. The predicted octanol–water partition coefficient (Wildman–Crippen LogP) is -10.7. The SMILES string of the molecule is Nc1ccc2cc(S(=O)(=O)[O-])c(N=Nc3cc(S(N)(=O)=O)ccc3[O-])c([O-])c2c1.Nc1ccc2cc(S(=O)(=O)[O-])c(N=Nc3cc([N+](=O)[O-])cc(S(=O)(=O)[O-])c3[O-])c([O-])c2c1.[Cr+2].[Na+].[Na+].[Na+].[Na+]. The molecule has 6 aromatic rings. The largest absolute Gasteiger partial charge is 2.00 e. The topological polar surface area (TPSA) is 469 Å². The van der Waals surface area contributed by atoms with E-state index in [4.69, 9.17) is 16.6 Å². The molecule has 0 saturated heterocycles. The van der Waals surface area contributed by atoms with E-state index < -0.39 is 116 Å². The van der Waals surface area contributed by atoms with Crippen molar-refractivity contribution in [3.8, 4) is 23.0 Å². The summed E-state index contributed by atoms with van der Waals surface area (Å²) in [5, 5.41) is 78.9. The van der Waals surface area contributed by atoms with E-state index in [-0.39, 0.29) is 175 Å². The van der Waals surface area contributed by atoms with Crippen LogP contribution in [0.4, 0.5) is 39.8 Å². The Balaban J connectivity index is 0.00000119. The molecule has 0 atom stereocenters. The van der Waals surface area contributed by atoms with Crippen LogP contribution in [0.15, 0.2) is 119 Å². The van der Waals surface area contributed by atoms with E-state index in [1.165, 1.54) is 30.3 Å². The fraction of sp³-hybridized carbons (Fsp3) is 0. The molecular weight excluding hydrogens is 1040 g/mol. The van der Waals surface area contributed by atoms with E-state index in [2.05, 4.69) is 20.5 Å². The second-order valence-electron chi connectivity index (χ2n) is 12.1. The second kappa shape index (κ2) is 24.3. The Bertz CT molecular complexity index is 3390. The summed E-state index contributed by atoms with van der Waals surface area (Å²) in [6.07, 6.45) is 0. The van der Waals surface area contributed by atoms with E-state index in [0.29, 0.717) is 6.07 Å². The van der Waals surface area contributed by atoms with Gasteiger partial charge in [0.15, 0.2) is 0 Å². The van der Waals surface area contributed by atoms with Crippen molar-refractivity contribution in [1.82, 2.24) is 0 Å². The average Bonchev–Trinajstić information content (AvgIpc) is 3.13. The van der Waals surface area contributed by atoms with Crippen molar-refractivity contribution in [2.45, 2.75) is 19.6 Å². The van der Waals surface area contributed by atoms with Crippen molar-refractivity contribution in [1.29, 1.82) is 0 Å². The van der Waals surface area contributed by atoms with E-state index in [1.54, 1.807) is 0 Å². The number of nitrogens with two attached hydrogens (primary N) is 3. The standard InChI is InChI=1S/C16H12N4O10S2.C16H14N4O7S2.Cr.4Na/c17-8-2-1-7-3-12(31(25,26)27)14(15(21)10(7)4-8)19-18-11-5-9(20(23)24)6-13(16(11)22)32(28,29)30;17-9-2-1-8-5-14(29(25,26)27)15(16(22)11(8)6-9)20-19-12-7-10(28(18,23)24)3-4-13(12)21;;;;;/h1-6,21-22H,17H2,(H,25,26,27)(H,28,29,30);1-7,21-22H,17H2,(H2,18,23,24)(H,25,26,27);;;;;/q;;+2;4*+1/p-7. The molecule has 0 saturated carbocycles. The van der Waals surface area contributed by atoms with Gasteiger partial charge < -0.3 is 45.6 Å². The third kappa shape index (κ3) is 15.0. The minimum atomic E-state index is -5.46. The smallest absolute Gasteiger partial charge is 0.871 e. The molecule has 66 heavy (non-hydrogen) atoms. The molecule has 0 unspecified atom stereocenters. The number of rotatable bonds is 9. The third-order valence-corrected chi connectivity index (χ3v) is 11.4. The van der Waals surface area contributed by atoms with Gasteiger partial charge in [0.05, 0.1) is 47.3 Å². The summed E-state index contributed by atoms with van der Waals surface area (Å²) in [6, 6.07) is 12.8. The van der Waals surface area contributed by atoms with Crippen molar-refractivity contribution in [3.63, 3.8) is 0 Å². The number of azo groups is 2. The van der Waals surface area contributed by atoms with Gasteiger partial charge in [-0.25, -0.2) is 38.8 Å². The number of hydrogen-bond donors (Lipinski definition) is 3. The van der Waals surface area contributed by atoms with E-state index in [1.807, 2.05) is 0 Å². The number of sulfonamides is 1. The van der Waals surface area contributed by atoms with Crippen LogP contribution in [-0.2, 0) is 57.7 Å². The molecule has 0 amide bonds. The maximum absolute atomic E-state index is 12.7. The molecular formula is C32H19CrN8Na4O17S4-. The van der Waals surface area contributed by atoms with Crippen LogP contribution in [0, 0.1) is 10.1 Å². The van der Waals surface area contributed by atoms with Crippen molar-refractivity contribution in [2.75, 3.05) is 11.5 Å². The molecule has 0 aromatic heterocycles. The zero-order chi connectivity index (χ0) is 45.6. The van der Waals surface area contributed by atoms with Gasteiger partial charge in [-0.05, 0) is 70.1 Å². The van der Waals surface area contributed by atoms with E-state index >= 15 is 0 Å². The number of nitrogen functional groups attached to an aromatic ring is 2. The van der Waals surface area contributed by atoms with Crippen LogP contribution in [0.25, 0.3) is 21.5 Å². The van der Waals surface area contributed by atoms with Crippen molar-refractivity contribution in [2.24, 2.45) is 25.6 Å². The van der Waals surface area contributed by atoms with Gasteiger partial charge in [0.2, 0.25) is 10.0 Å². The first-order valence-electron chi connectivity index (χ1n) is 15.7. The van der Waals surface area contributed by atoms with Crippen LogP contribution in [0.3, 0.4) is 0 Å². The molecule has 0 heterocycles. The van der Waals surface area contributed by atoms with Crippen LogP contribution >= 0.6 is 0 Å². The van der Waals surface area contributed by atoms with Gasteiger partial charge >= 0.3 is 136 Å². The molecule has 6 N–H and O–H groups in total. The number of nitro groups is 1. The fourth-order valence-corrected chi connectivity index (χ4v) is 7.57. The number of nitro benzene ring substituents is 1. The Labute approximate surface area is 472 Å². The number of nitrogens with zero attached hydrogens (tertiary/aromatic N) is 5. The number of hydrogen-bond acceptors (Lipinski definition) is 23. The van der Waals surface area contributed by atoms with Crippen LogP contribution in [0.1, 0.15) is 0 Å². The maximum Gasteiger partial charge on any atom is 2.00 e. The molecule has 6 rings (SSSR count). The van der Waals surface area contributed by atoms with Crippen molar-refractivity contribution >= 4 is 102 Å². The summed E-state index contributed by atoms with van der Waals surface area (Å²) < 4.78 is 126. The molecule has 0 aliphatic heterocycles. The van der Waals surface area contributed by atoms with Gasteiger partial charge in [0.25, 0.3) is 5.69 Å². The number of fused-ring (bicyclic) bond motifs is 2. The molecule has 0 fully saturated rings. The quantitative estimate of drug-likeness (QED) is 0.0302. The van der Waals surface area contributed by atoms with Gasteiger partial charge in [-0.1, -0.05) is 41.2 Å². The number of primary sulfonamides is 1. The first kappa shape index (κ1) is 63.4. The zero-order valence-corrected chi connectivity index (χ0v) is 46.5. The minimum Gasteiger partial charge on any atom is -0.871 e. The van der Waals surface area contributed by atoms with E-state index in [0.717, 1.165) is 36.4 Å². The molecule has 0 radical (unpaired) electrons. The van der Waals surface area contributed by atoms with Gasteiger partial charge in [0, 0.05) is 23.5 Å². The summed E-state index contributed by atoms with van der Waals surface area (Å²) in [7, 11) is -20.0. The Morgan fingerprint density at radius 3 is 1.29 bits per heavy atom. The molecule has 0 bridgehead atoms. The second-order valence-corrected chi connectivity index (χ2v) is 17.7. The van der Waals surface area contributed by atoms with Gasteiger partial charge in [-0.15, -0.1) is 10.2 Å². The first-order chi connectivity index (χ1) is 28.1. The summed E-state index contributed by atoms with van der Waals surface area (Å²) in [5.41, 5.74) is 7.05. The van der Waals surface area contributed by atoms with Crippen LogP contribution < -0.4 is 155 Å². The molecule has 0 aliphatic rings. The summed E-state index contributed by atoms with van der Waals surface area (Å²) in [4.78, 5) is 5.85. The third-order valence-electron chi connectivity index (χ3n) is 7.93. The number of benzene rings is 6. The summed E-state index contributed by atoms with van der Waals surface area (Å²) in [5.74, 6) is -4.44. The Kier molecular flexibility index (Phi) is 23.4. The monoisotopic (exact) mass is 1060 g/mol. The maximum atomic E-state index is 12.7. The van der Waals surface area contributed by atoms with Crippen molar-refractivity contribution < 1.29 is 208 Å². The van der Waals surface area contributed by atoms with Gasteiger partial charge in [-0.2, -0.15) is 10.2 Å². The van der Waals surface area contributed by atoms with Crippen LogP contribution in [0.5, 0.6) is 23.0 Å². The summed E-state index contributed by atoms with van der Waals surface area (Å²) in [6.45, 7) is 0. The van der Waals surface area contributed by atoms with Crippen LogP contribution in [0.2, 0.25) is 0 Å². The molecule has 34 heteroatoms. The molecule has 25 nitrogen and oxygen atoms in total. The molecule has 0 aliphatic carbocycles. The Hall–Kier alpha value is -2.59. The summed E-state index contributed by atoms with van der Waals surface area (Å²) >= 11 is 0. The van der Waals surface area contributed by atoms with E-state index in [9.17, 15) is 77.9 Å². The van der Waals surface area contributed by atoms with Crippen molar-refractivity contribution in [3.05, 3.63) is 89.0 Å². The fourth-order valence-electron chi connectivity index (χ4n) is 5.16. The van der Waals surface area contributed by atoms with Crippen LogP contribution in [-0.4, -0.2) is 52.3 Å². The number of non-ortho nitro benzene ring substituents is 1. The molecule has 6 aromatic carbocycles. The van der Waals surface area contributed by atoms with Gasteiger partial charge in [-0.3, -0.25) is 10.1 Å². The average molecular weight is 1060 g/mol.